The number of likely N-dealkylation sites (tertiary alicyclic amines) is 1. The van der Waals surface area contributed by atoms with Crippen LogP contribution in [0.25, 0.3) is 0 Å². The molecule has 2 saturated heterocycles. The fraction of sp³-hybridized carbons (Fsp3) is 0.611. The second kappa shape index (κ2) is 7.43. The number of aliphatic hydroxyl groups excluding tert-OH is 1. The van der Waals surface area contributed by atoms with Crippen LogP contribution in [-0.4, -0.2) is 78.1 Å². The van der Waals surface area contributed by atoms with Gasteiger partial charge in [0.15, 0.2) is 0 Å². The zero-order valence-corrected chi connectivity index (χ0v) is 13.9. The predicted molar refractivity (Wildman–Crippen MR) is 90.1 cm³/mol. The third kappa shape index (κ3) is 3.91. The maximum Gasteiger partial charge on any atom is 0.240 e. The Hall–Kier alpha value is -1.43. The van der Waals surface area contributed by atoms with E-state index < -0.39 is 6.10 Å². The van der Waals surface area contributed by atoms with Gasteiger partial charge in [0.05, 0.1) is 12.1 Å². The Labute approximate surface area is 138 Å². The van der Waals surface area contributed by atoms with Crippen LogP contribution in [-0.2, 0) is 4.79 Å². The molecule has 3 rings (SSSR count). The van der Waals surface area contributed by atoms with E-state index in [9.17, 15) is 9.90 Å². The molecule has 2 heterocycles. The largest absolute Gasteiger partial charge is 0.387 e. The number of piperazine rings is 1. The summed E-state index contributed by atoms with van der Waals surface area (Å²) in [5, 5.41) is 10.3. The lowest BCUT2D eigenvalue weighted by Crippen LogP contribution is -2.53. The van der Waals surface area contributed by atoms with Crippen molar-refractivity contribution < 1.29 is 9.90 Å². The molecular formula is C18H27N3O2. The van der Waals surface area contributed by atoms with E-state index in [2.05, 4.69) is 9.80 Å². The third-order valence-corrected chi connectivity index (χ3v) is 5.10. The normalized spacial score (nSPS) is 24.8. The average molecular weight is 317 g/mol. The Bertz CT molecular complexity index is 514. The van der Waals surface area contributed by atoms with Gasteiger partial charge in [-0.05, 0) is 32.0 Å². The minimum Gasteiger partial charge on any atom is -0.387 e. The molecule has 1 aromatic carbocycles. The van der Waals surface area contributed by atoms with Gasteiger partial charge in [-0.15, -0.1) is 0 Å². The fourth-order valence-corrected chi connectivity index (χ4v) is 3.61. The number of aliphatic hydroxyl groups is 1. The highest BCUT2D eigenvalue weighted by atomic mass is 16.3. The summed E-state index contributed by atoms with van der Waals surface area (Å²) in [6.45, 7) is 4.88. The summed E-state index contributed by atoms with van der Waals surface area (Å²) in [7, 11) is 2.04. The lowest BCUT2D eigenvalue weighted by atomic mass is 10.1. The maximum atomic E-state index is 12.6. The molecule has 2 aliphatic heterocycles. The van der Waals surface area contributed by atoms with Gasteiger partial charge in [-0.3, -0.25) is 14.6 Å². The first-order valence-corrected chi connectivity index (χ1v) is 8.59. The number of β-amino-alcohol motifs (C(OH)–C–C–N with tert-alkyl or cyclic N) is 1. The lowest BCUT2D eigenvalue weighted by molar-refractivity contribution is -0.137. The van der Waals surface area contributed by atoms with Crippen molar-refractivity contribution in [3.05, 3.63) is 35.9 Å². The summed E-state index contributed by atoms with van der Waals surface area (Å²) in [4.78, 5) is 19.0. The third-order valence-electron chi connectivity index (χ3n) is 5.10. The monoisotopic (exact) mass is 317 g/mol. The maximum absolute atomic E-state index is 12.6. The van der Waals surface area contributed by atoms with Crippen molar-refractivity contribution in [2.45, 2.75) is 25.0 Å². The molecule has 1 N–H and O–H groups in total. The van der Waals surface area contributed by atoms with Gasteiger partial charge in [0.1, 0.15) is 0 Å². The van der Waals surface area contributed by atoms with Crippen LogP contribution in [0.15, 0.2) is 30.3 Å². The summed E-state index contributed by atoms with van der Waals surface area (Å²) in [6, 6.07) is 9.86. The number of rotatable bonds is 4. The van der Waals surface area contributed by atoms with E-state index in [4.69, 9.17) is 0 Å². The topological polar surface area (TPSA) is 47.0 Å². The Kier molecular flexibility index (Phi) is 5.30. The van der Waals surface area contributed by atoms with Crippen molar-refractivity contribution >= 4 is 5.91 Å². The summed E-state index contributed by atoms with van der Waals surface area (Å²) >= 11 is 0. The average Bonchev–Trinajstić information content (AvgIpc) is 3.02. The minimum absolute atomic E-state index is 0.0801. The molecule has 23 heavy (non-hydrogen) atoms. The number of hydrogen-bond donors (Lipinski definition) is 1. The van der Waals surface area contributed by atoms with E-state index in [1.165, 1.54) is 0 Å². The second-order valence-electron chi connectivity index (χ2n) is 6.69. The van der Waals surface area contributed by atoms with Crippen LogP contribution in [0.5, 0.6) is 0 Å². The van der Waals surface area contributed by atoms with Crippen LogP contribution >= 0.6 is 0 Å². The van der Waals surface area contributed by atoms with Crippen LogP contribution in [0.4, 0.5) is 0 Å². The number of benzene rings is 1. The van der Waals surface area contributed by atoms with E-state index in [1.807, 2.05) is 42.3 Å². The molecule has 2 fully saturated rings. The van der Waals surface area contributed by atoms with Gasteiger partial charge >= 0.3 is 0 Å². The van der Waals surface area contributed by atoms with Crippen molar-refractivity contribution in [1.82, 2.24) is 14.7 Å². The van der Waals surface area contributed by atoms with Crippen LogP contribution in [0.3, 0.4) is 0 Å². The molecular weight excluding hydrogens is 290 g/mol. The van der Waals surface area contributed by atoms with Crippen LogP contribution in [0, 0.1) is 0 Å². The van der Waals surface area contributed by atoms with Crippen molar-refractivity contribution in [1.29, 1.82) is 0 Å². The number of likely N-dealkylation sites (N-methyl/N-ethyl adjacent to an activating group) is 1. The van der Waals surface area contributed by atoms with Crippen LogP contribution in [0.2, 0.25) is 0 Å². The van der Waals surface area contributed by atoms with E-state index in [0.29, 0.717) is 6.54 Å². The molecule has 1 aromatic rings. The quantitative estimate of drug-likeness (QED) is 0.898. The number of carbonyl (C=O) groups is 1. The van der Waals surface area contributed by atoms with Gasteiger partial charge in [0.2, 0.25) is 5.91 Å². The summed E-state index contributed by atoms with van der Waals surface area (Å²) in [5.74, 6) is 0.285. The summed E-state index contributed by atoms with van der Waals surface area (Å²) in [5.41, 5.74) is 0.957. The van der Waals surface area contributed by atoms with E-state index in [0.717, 1.165) is 51.1 Å². The predicted octanol–water partition coefficient (Wildman–Crippen LogP) is 0.958. The van der Waals surface area contributed by atoms with Gasteiger partial charge in [-0.2, -0.15) is 0 Å². The molecule has 126 valence electrons. The first-order valence-electron chi connectivity index (χ1n) is 8.59. The second-order valence-corrected chi connectivity index (χ2v) is 6.69. The Morgan fingerprint density at radius 3 is 2.48 bits per heavy atom. The molecule has 0 saturated carbocycles. The van der Waals surface area contributed by atoms with Gasteiger partial charge in [-0.1, -0.05) is 30.3 Å². The molecule has 0 aliphatic carbocycles. The number of amides is 1. The number of carbonyl (C=O) groups excluding carboxylic acids is 1. The van der Waals surface area contributed by atoms with Crippen LogP contribution < -0.4 is 0 Å². The van der Waals surface area contributed by atoms with Crippen molar-refractivity contribution in [3.63, 3.8) is 0 Å². The van der Waals surface area contributed by atoms with Crippen molar-refractivity contribution in [3.8, 4) is 0 Å². The molecule has 5 heteroatoms. The Morgan fingerprint density at radius 2 is 1.87 bits per heavy atom. The van der Waals surface area contributed by atoms with E-state index >= 15 is 0 Å². The zero-order chi connectivity index (χ0) is 16.2. The van der Waals surface area contributed by atoms with Gasteiger partial charge in [0.25, 0.3) is 0 Å². The molecule has 0 spiro atoms. The highest BCUT2D eigenvalue weighted by Crippen LogP contribution is 2.19. The standard InChI is InChI=1S/C18H27N3O2/c1-19-9-5-8-16(19)18(23)21-12-10-20(11-13-21)14-17(22)15-6-3-2-4-7-15/h2-4,6-7,16-17,22H,5,8-14H2,1H3. The van der Waals surface area contributed by atoms with Gasteiger partial charge < -0.3 is 10.0 Å². The molecule has 2 unspecified atom stereocenters. The van der Waals surface area contributed by atoms with E-state index in [-0.39, 0.29) is 11.9 Å². The molecule has 0 aromatic heterocycles. The smallest absolute Gasteiger partial charge is 0.240 e. The van der Waals surface area contributed by atoms with E-state index in [1.54, 1.807) is 0 Å². The Morgan fingerprint density at radius 1 is 1.17 bits per heavy atom. The number of nitrogens with zero attached hydrogens (tertiary/aromatic N) is 3. The highest BCUT2D eigenvalue weighted by Gasteiger charge is 2.32. The SMILES string of the molecule is CN1CCCC1C(=O)N1CCN(CC(O)c2ccccc2)CC1. The van der Waals surface area contributed by atoms with Crippen LogP contribution in [0.1, 0.15) is 24.5 Å². The van der Waals surface area contributed by atoms with Crippen molar-refractivity contribution in [2.24, 2.45) is 0 Å². The fourth-order valence-electron chi connectivity index (χ4n) is 3.61. The lowest BCUT2D eigenvalue weighted by Gasteiger charge is -2.37. The summed E-state index contributed by atoms with van der Waals surface area (Å²) in [6.07, 6.45) is 1.65. The Balaban J connectivity index is 1.48. The number of hydrogen-bond acceptors (Lipinski definition) is 4. The zero-order valence-electron chi connectivity index (χ0n) is 13.9. The molecule has 1 amide bonds. The minimum atomic E-state index is -0.459. The molecule has 5 nitrogen and oxygen atoms in total. The molecule has 2 aliphatic rings. The molecule has 0 bridgehead atoms. The van der Waals surface area contributed by atoms with Gasteiger partial charge in [0, 0.05) is 32.7 Å². The summed E-state index contributed by atoms with van der Waals surface area (Å²) < 4.78 is 0. The van der Waals surface area contributed by atoms with Crippen molar-refractivity contribution in [2.75, 3.05) is 46.3 Å². The first-order chi connectivity index (χ1) is 11.1. The highest BCUT2D eigenvalue weighted by molar-refractivity contribution is 5.82. The first kappa shape index (κ1) is 16.4. The molecule has 0 radical (unpaired) electrons. The van der Waals surface area contributed by atoms with Gasteiger partial charge in [-0.25, -0.2) is 0 Å². The molecule has 2 atom stereocenters.